The monoisotopic (exact) mass is 146 g/mol. The van der Waals surface area contributed by atoms with Gasteiger partial charge >= 0.3 is 0 Å². The maximum absolute atomic E-state index is 8.73. The number of aliphatic hydroxyl groups is 1. The minimum Gasteiger partial charge on any atom is -0.391 e. The fraction of sp³-hybridized carbons (Fsp3) is 1.00. The van der Waals surface area contributed by atoms with E-state index in [1.54, 1.807) is 7.11 Å². The lowest BCUT2D eigenvalue weighted by atomic mass is 10.3. The maximum Gasteiger partial charge on any atom is 0.0770 e. The second-order valence-electron chi connectivity index (χ2n) is 2.58. The van der Waals surface area contributed by atoms with Crippen molar-refractivity contribution in [3.05, 3.63) is 0 Å². The van der Waals surface area contributed by atoms with Crippen molar-refractivity contribution in [3.8, 4) is 0 Å². The zero-order valence-electron chi connectivity index (χ0n) is 6.97. The Balaban J connectivity index is 0.000000219. The van der Waals surface area contributed by atoms with Crippen molar-refractivity contribution in [1.29, 1.82) is 0 Å². The molecule has 0 aromatic rings. The fourth-order valence-electron chi connectivity index (χ4n) is 0.310. The van der Waals surface area contributed by atoms with E-state index in [0.717, 1.165) is 6.42 Å². The first-order valence-electron chi connectivity index (χ1n) is 3.98. The molecule has 0 aromatic heterocycles. The molecule has 0 heterocycles. The summed E-state index contributed by atoms with van der Waals surface area (Å²) in [5.74, 6) is 0. The van der Waals surface area contributed by atoms with Crippen LogP contribution in [0.1, 0.15) is 32.6 Å². The topological polar surface area (TPSA) is 29.5 Å². The van der Waals surface area contributed by atoms with Gasteiger partial charge in [-0.2, -0.15) is 0 Å². The highest BCUT2D eigenvalue weighted by molar-refractivity contribution is 4.50. The van der Waals surface area contributed by atoms with E-state index >= 15 is 0 Å². The van der Waals surface area contributed by atoms with Crippen molar-refractivity contribution in [2.75, 3.05) is 13.7 Å². The van der Waals surface area contributed by atoms with E-state index in [4.69, 9.17) is 5.11 Å². The lowest BCUT2D eigenvalue weighted by Crippen LogP contribution is -2.11. The van der Waals surface area contributed by atoms with Gasteiger partial charge < -0.3 is 9.84 Å². The molecule has 10 heavy (non-hydrogen) atoms. The van der Waals surface area contributed by atoms with Crippen molar-refractivity contribution in [2.45, 2.75) is 38.7 Å². The van der Waals surface area contributed by atoms with Gasteiger partial charge in [-0.1, -0.05) is 26.2 Å². The lowest BCUT2D eigenvalue weighted by molar-refractivity contribution is 0.0625. The molecule has 1 atom stereocenters. The molecule has 62 valence electrons. The Hall–Kier alpha value is -0.0800. The molecule has 0 bridgehead atoms. The Morgan fingerprint density at radius 3 is 2.00 bits per heavy atom. The van der Waals surface area contributed by atoms with Crippen LogP contribution in [0.15, 0.2) is 0 Å². The standard InChI is InChI=1S/C5H12O2.C3H6/c1-3-5(6)4-7-2;1-2-3-1/h5-6H,3-4H2,1-2H3;1-3H2. The third-order valence-electron chi connectivity index (χ3n) is 1.18. The van der Waals surface area contributed by atoms with Gasteiger partial charge in [-0.15, -0.1) is 0 Å². The molecule has 2 heteroatoms. The van der Waals surface area contributed by atoms with E-state index in [2.05, 4.69) is 4.74 Å². The molecule has 1 aliphatic rings. The molecule has 1 saturated carbocycles. The average Bonchev–Trinajstić information content (AvgIpc) is 2.73. The summed E-state index contributed by atoms with van der Waals surface area (Å²) in [7, 11) is 1.58. The number of ether oxygens (including phenoxy) is 1. The molecule has 0 radical (unpaired) electrons. The van der Waals surface area contributed by atoms with Crippen LogP contribution in [-0.2, 0) is 4.74 Å². The van der Waals surface area contributed by atoms with Gasteiger partial charge in [0.2, 0.25) is 0 Å². The average molecular weight is 146 g/mol. The lowest BCUT2D eigenvalue weighted by Gasteiger charge is -2.02. The molecule has 1 rings (SSSR count). The summed E-state index contributed by atoms with van der Waals surface area (Å²) in [4.78, 5) is 0. The number of hydrogen-bond donors (Lipinski definition) is 1. The molecular formula is C8H18O2. The fourth-order valence-corrected chi connectivity index (χ4v) is 0.310. The molecule has 1 fully saturated rings. The molecule has 0 spiro atoms. The third kappa shape index (κ3) is 10.8. The Labute approximate surface area is 63.2 Å². The molecule has 1 aliphatic carbocycles. The van der Waals surface area contributed by atoms with Crippen molar-refractivity contribution in [1.82, 2.24) is 0 Å². The highest BCUT2D eigenvalue weighted by atomic mass is 16.5. The van der Waals surface area contributed by atoms with E-state index in [9.17, 15) is 0 Å². The largest absolute Gasteiger partial charge is 0.391 e. The van der Waals surface area contributed by atoms with Crippen LogP contribution in [-0.4, -0.2) is 24.9 Å². The second-order valence-corrected chi connectivity index (χ2v) is 2.58. The van der Waals surface area contributed by atoms with Gasteiger partial charge in [0.25, 0.3) is 0 Å². The van der Waals surface area contributed by atoms with Gasteiger partial charge in [0.15, 0.2) is 0 Å². The zero-order valence-corrected chi connectivity index (χ0v) is 6.97. The minimum atomic E-state index is -0.273. The Morgan fingerprint density at radius 1 is 1.40 bits per heavy atom. The number of methoxy groups -OCH3 is 1. The predicted octanol–water partition coefficient (Wildman–Crippen LogP) is 1.57. The molecule has 0 aromatic carbocycles. The summed E-state index contributed by atoms with van der Waals surface area (Å²) < 4.78 is 4.64. The van der Waals surface area contributed by atoms with E-state index in [1.165, 1.54) is 19.3 Å². The summed E-state index contributed by atoms with van der Waals surface area (Å²) in [6.07, 6.45) is 5.00. The summed E-state index contributed by atoms with van der Waals surface area (Å²) in [6, 6.07) is 0. The first-order valence-corrected chi connectivity index (χ1v) is 3.98. The summed E-state index contributed by atoms with van der Waals surface area (Å²) >= 11 is 0. The van der Waals surface area contributed by atoms with Crippen LogP contribution in [0.2, 0.25) is 0 Å². The van der Waals surface area contributed by atoms with Crippen molar-refractivity contribution in [2.24, 2.45) is 0 Å². The first-order chi connectivity index (χ1) is 4.81. The van der Waals surface area contributed by atoms with Crippen molar-refractivity contribution < 1.29 is 9.84 Å². The smallest absolute Gasteiger partial charge is 0.0770 e. The summed E-state index contributed by atoms with van der Waals surface area (Å²) in [5, 5.41) is 8.73. The van der Waals surface area contributed by atoms with Gasteiger partial charge in [0.1, 0.15) is 0 Å². The van der Waals surface area contributed by atoms with E-state index in [0.29, 0.717) is 6.61 Å². The molecule has 1 unspecified atom stereocenters. The summed E-state index contributed by atoms with van der Waals surface area (Å²) in [6.45, 7) is 2.38. The van der Waals surface area contributed by atoms with Crippen LogP contribution in [0, 0.1) is 0 Å². The number of rotatable bonds is 3. The van der Waals surface area contributed by atoms with Crippen LogP contribution in [0.25, 0.3) is 0 Å². The maximum atomic E-state index is 8.73. The van der Waals surface area contributed by atoms with Crippen molar-refractivity contribution in [3.63, 3.8) is 0 Å². The van der Waals surface area contributed by atoms with Crippen LogP contribution in [0.4, 0.5) is 0 Å². The van der Waals surface area contributed by atoms with Crippen LogP contribution >= 0.6 is 0 Å². The Kier molecular flexibility index (Phi) is 6.98. The van der Waals surface area contributed by atoms with E-state index in [1.807, 2.05) is 6.92 Å². The van der Waals surface area contributed by atoms with Crippen LogP contribution in [0.5, 0.6) is 0 Å². The second kappa shape index (κ2) is 7.03. The molecular weight excluding hydrogens is 128 g/mol. The molecule has 0 amide bonds. The molecule has 0 aliphatic heterocycles. The highest BCUT2D eigenvalue weighted by Gasteiger charge is 1.95. The van der Waals surface area contributed by atoms with Crippen LogP contribution in [0.3, 0.4) is 0 Å². The number of hydrogen-bond acceptors (Lipinski definition) is 2. The van der Waals surface area contributed by atoms with E-state index < -0.39 is 0 Å². The highest BCUT2D eigenvalue weighted by Crippen LogP contribution is 2.14. The van der Waals surface area contributed by atoms with Gasteiger partial charge in [0, 0.05) is 7.11 Å². The number of aliphatic hydroxyl groups excluding tert-OH is 1. The molecule has 1 N–H and O–H groups in total. The molecule has 0 saturated heterocycles. The minimum absolute atomic E-state index is 0.273. The summed E-state index contributed by atoms with van der Waals surface area (Å²) in [5.41, 5.74) is 0. The van der Waals surface area contributed by atoms with Crippen molar-refractivity contribution >= 4 is 0 Å². The van der Waals surface area contributed by atoms with Gasteiger partial charge in [-0.05, 0) is 6.42 Å². The van der Waals surface area contributed by atoms with E-state index in [-0.39, 0.29) is 6.10 Å². The van der Waals surface area contributed by atoms with Gasteiger partial charge in [-0.3, -0.25) is 0 Å². The van der Waals surface area contributed by atoms with Gasteiger partial charge in [-0.25, -0.2) is 0 Å². The quantitative estimate of drug-likeness (QED) is 0.655. The molecule has 2 nitrogen and oxygen atoms in total. The Bertz CT molecular complexity index is 59.5. The van der Waals surface area contributed by atoms with Gasteiger partial charge in [0.05, 0.1) is 12.7 Å². The van der Waals surface area contributed by atoms with Crippen LogP contribution < -0.4 is 0 Å². The first kappa shape index (κ1) is 9.92. The third-order valence-corrected chi connectivity index (χ3v) is 1.18. The Morgan fingerprint density at radius 2 is 1.90 bits per heavy atom. The predicted molar refractivity (Wildman–Crippen MR) is 42.0 cm³/mol. The normalized spacial score (nSPS) is 17.1. The SMILES string of the molecule is C1CC1.CCC(O)COC. The zero-order chi connectivity index (χ0) is 7.82.